The Bertz CT molecular complexity index is 394. The standard InChI is InChI=1S/C13H22N4O2/c1-10(2)7-12(9-16(3)4)15-11-5-6-13(14-8-11)17(18)19/h5-6,8,10,12,15H,7,9H2,1-4H3. The molecule has 1 atom stereocenters. The van der Waals surface area contributed by atoms with E-state index in [-0.39, 0.29) is 5.82 Å². The predicted molar refractivity (Wildman–Crippen MR) is 76.3 cm³/mol. The highest BCUT2D eigenvalue weighted by atomic mass is 16.6. The largest absolute Gasteiger partial charge is 0.378 e. The van der Waals surface area contributed by atoms with E-state index in [2.05, 4.69) is 29.0 Å². The van der Waals surface area contributed by atoms with E-state index in [4.69, 9.17) is 0 Å². The van der Waals surface area contributed by atoms with E-state index in [9.17, 15) is 10.1 Å². The van der Waals surface area contributed by atoms with Gasteiger partial charge >= 0.3 is 5.82 Å². The minimum absolute atomic E-state index is 0.126. The molecule has 0 spiro atoms. The summed E-state index contributed by atoms with van der Waals surface area (Å²) < 4.78 is 0. The number of aromatic nitrogens is 1. The van der Waals surface area contributed by atoms with Gasteiger partial charge in [-0.1, -0.05) is 13.8 Å². The lowest BCUT2D eigenvalue weighted by atomic mass is 10.0. The van der Waals surface area contributed by atoms with Gasteiger partial charge in [-0.25, -0.2) is 0 Å². The van der Waals surface area contributed by atoms with E-state index >= 15 is 0 Å². The third kappa shape index (κ3) is 5.65. The van der Waals surface area contributed by atoms with Gasteiger partial charge in [-0.05, 0) is 42.4 Å². The first-order valence-corrected chi connectivity index (χ1v) is 6.40. The molecule has 106 valence electrons. The molecule has 1 aromatic heterocycles. The number of nitrogens with one attached hydrogen (secondary N) is 1. The number of hydrogen-bond acceptors (Lipinski definition) is 5. The minimum atomic E-state index is -0.491. The molecule has 0 saturated carbocycles. The topological polar surface area (TPSA) is 71.3 Å². The number of nitro groups is 1. The molecule has 0 aliphatic rings. The molecular formula is C13H22N4O2. The summed E-state index contributed by atoms with van der Waals surface area (Å²) in [5.41, 5.74) is 0.818. The van der Waals surface area contributed by atoms with Gasteiger partial charge in [0.05, 0.1) is 5.69 Å². The SMILES string of the molecule is CC(C)CC(CN(C)C)Nc1ccc([N+](=O)[O-])nc1. The van der Waals surface area contributed by atoms with Crippen LogP contribution in [0.15, 0.2) is 18.3 Å². The molecule has 0 aliphatic heterocycles. The van der Waals surface area contributed by atoms with Crippen molar-refractivity contribution in [1.82, 2.24) is 9.88 Å². The van der Waals surface area contributed by atoms with Crippen LogP contribution in [0.1, 0.15) is 20.3 Å². The average Bonchev–Trinajstić information content (AvgIpc) is 2.27. The van der Waals surface area contributed by atoms with E-state index < -0.39 is 4.92 Å². The normalized spacial score (nSPS) is 12.7. The van der Waals surface area contributed by atoms with Crippen molar-refractivity contribution in [2.75, 3.05) is 26.0 Å². The van der Waals surface area contributed by atoms with Crippen molar-refractivity contribution in [2.24, 2.45) is 5.92 Å². The highest BCUT2D eigenvalue weighted by Crippen LogP contribution is 2.15. The van der Waals surface area contributed by atoms with Crippen LogP contribution < -0.4 is 5.32 Å². The molecule has 0 aromatic carbocycles. The smallest absolute Gasteiger partial charge is 0.363 e. The summed E-state index contributed by atoms with van der Waals surface area (Å²) in [4.78, 5) is 16.0. The molecule has 1 heterocycles. The second-order valence-electron chi connectivity index (χ2n) is 5.40. The zero-order valence-corrected chi connectivity index (χ0v) is 12.0. The molecule has 0 radical (unpaired) electrons. The van der Waals surface area contributed by atoms with Crippen molar-refractivity contribution in [3.05, 3.63) is 28.4 Å². The van der Waals surface area contributed by atoms with Crippen molar-refractivity contribution in [3.63, 3.8) is 0 Å². The Balaban J connectivity index is 2.69. The molecule has 1 unspecified atom stereocenters. The Kier molecular flexibility index (Phi) is 5.69. The summed E-state index contributed by atoms with van der Waals surface area (Å²) in [7, 11) is 4.06. The summed E-state index contributed by atoms with van der Waals surface area (Å²) in [5.74, 6) is 0.460. The lowest BCUT2D eigenvalue weighted by Crippen LogP contribution is -2.33. The van der Waals surface area contributed by atoms with E-state index in [1.807, 2.05) is 14.1 Å². The Morgan fingerprint density at radius 1 is 1.42 bits per heavy atom. The molecule has 1 N–H and O–H groups in total. The molecule has 1 rings (SSSR count). The fraction of sp³-hybridized carbons (Fsp3) is 0.615. The molecule has 0 fully saturated rings. The van der Waals surface area contributed by atoms with Gasteiger partial charge in [-0.15, -0.1) is 0 Å². The van der Waals surface area contributed by atoms with E-state index in [0.29, 0.717) is 12.0 Å². The van der Waals surface area contributed by atoms with Gasteiger partial charge in [-0.2, -0.15) is 0 Å². The lowest BCUT2D eigenvalue weighted by Gasteiger charge is -2.24. The van der Waals surface area contributed by atoms with Crippen LogP contribution >= 0.6 is 0 Å². The second-order valence-corrected chi connectivity index (χ2v) is 5.40. The quantitative estimate of drug-likeness (QED) is 0.606. The summed E-state index contributed by atoms with van der Waals surface area (Å²) in [6, 6.07) is 3.43. The summed E-state index contributed by atoms with van der Waals surface area (Å²) >= 11 is 0. The third-order valence-corrected chi connectivity index (χ3v) is 2.65. The molecule has 19 heavy (non-hydrogen) atoms. The average molecular weight is 266 g/mol. The highest BCUT2D eigenvalue weighted by Gasteiger charge is 2.13. The van der Waals surface area contributed by atoms with Crippen molar-refractivity contribution >= 4 is 11.5 Å². The maximum Gasteiger partial charge on any atom is 0.363 e. The van der Waals surface area contributed by atoms with Gasteiger partial charge in [0.1, 0.15) is 0 Å². The van der Waals surface area contributed by atoms with Gasteiger partial charge in [0, 0.05) is 18.7 Å². The van der Waals surface area contributed by atoms with Crippen LogP contribution in [0.3, 0.4) is 0 Å². The Morgan fingerprint density at radius 2 is 2.11 bits per heavy atom. The zero-order chi connectivity index (χ0) is 14.4. The summed E-state index contributed by atoms with van der Waals surface area (Å²) in [6.45, 7) is 5.27. The van der Waals surface area contributed by atoms with Crippen LogP contribution in [0, 0.1) is 16.0 Å². The van der Waals surface area contributed by atoms with Crippen LogP contribution in [0.2, 0.25) is 0 Å². The maximum atomic E-state index is 10.5. The van der Waals surface area contributed by atoms with Crippen molar-refractivity contribution in [3.8, 4) is 0 Å². The van der Waals surface area contributed by atoms with Gasteiger partial charge < -0.3 is 20.3 Å². The zero-order valence-electron chi connectivity index (χ0n) is 12.0. The molecule has 0 amide bonds. The Hall–Kier alpha value is -1.69. The molecular weight excluding hydrogens is 244 g/mol. The third-order valence-electron chi connectivity index (χ3n) is 2.65. The van der Waals surface area contributed by atoms with Crippen LogP contribution in [0.5, 0.6) is 0 Å². The van der Waals surface area contributed by atoms with E-state index in [0.717, 1.165) is 18.7 Å². The van der Waals surface area contributed by atoms with Crippen molar-refractivity contribution in [2.45, 2.75) is 26.3 Å². The molecule has 1 aromatic rings. The molecule has 0 aliphatic carbocycles. The Labute approximate surface area is 114 Å². The lowest BCUT2D eigenvalue weighted by molar-refractivity contribution is -0.389. The number of rotatable bonds is 7. The van der Waals surface area contributed by atoms with E-state index in [1.165, 1.54) is 12.3 Å². The van der Waals surface area contributed by atoms with Crippen LogP contribution in [0.4, 0.5) is 11.5 Å². The van der Waals surface area contributed by atoms with Gasteiger partial charge in [-0.3, -0.25) is 0 Å². The molecule has 0 saturated heterocycles. The second kappa shape index (κ2) is 7.04. The number of hydrogen-bond donors (Lipinski definition) is 1. The number of pyridine rings is 1. The molecule has 6 nitrogen and oxygen atoms in total. The number of nitrogens with zero attached hydrogens (tertiary/aromatic N) is 3. The van der Waals surface area contributed by atoms with Gasteiger partial charge in [0.2, 0.25) is 0 Å². The monoisotopic (exact) mass is 266 g/mol. The Morgan fingerprint density at radius 3 is 2.53 bits per heavy atom. The first-order valence-electron chi connectivity index (χ1n) is 6.40. The summed E-state index contributed by atoms with van der Waals surface area (Å²) in [5, 5.41) is 13.9. The van der Waals surface area contributed by atoms with Crippen LogP contribution in [0.25, 0.3) is 0 Å². The molecule has 6 heteroatoms. The summed E-state index contributed by atoms with van der Waals surface area (Å²) in [6.07, 6.45) is 2.55. The van der Waals surface area contributed by atoms with E-state index in [1.54, 1.807) is 6.07 Å². The number of likely N-dealkylation sites (N-methyl/N-ethyl adjacent to an activating group) is 1. The van der Waals surface area contributed by atoms with Crippen LogP contribution in [-0.2, 0) is 0 Å². The minimum Gasteiger partial charge on any atom is -0.378 e. The maximum absolute atomic E-state index is 10.5. The number of anilines is 1. The van der Waals surface area contributed by atoms with Crippen molar-refractivity contribution in [1.29, 1.82) is 0 Å². The predicted octanol–water partition coefficient (Wildman–Crippen LogP) is 2.38. The van der Waals surface area contributed by atoms with Gasteiger partial charge in [0.15, 0.2) is 6.20 Å². The fourth-order valence-corrected chi connectivity index (χ4v) is 2.00. The fourth-order valence-electron chi connectivity index (χ4n) is 2.00. The van der Waals surface area contributed by atoms with Crippen molar-refractivity contribution < 1.29 is 4.92 Å². The van der Waals surface area contributed by atoms with Gasteiger partial charge in [0.25, 0.3) is 0 Å². The van der Waals surface area contributed by atoms with Crippen LogP contribution in [-0.4, -0.2) is 41.5 Å². The first kappa shape index (κ1) is 15.4. The first-order chi connectivity index (χ1) is 8.88. The molecule has 0 bridgehead atoms. The highest BCUT2D eigenvalue weighted by molar-refractivity contribution is 5.44.